The van der Waals surface area contributed by atoms with Crippen LogP contribution < -0.4 is 10.1 Å². The molecule has 5 nitrogen and oxygen atoms in total. The molecule has 0 atom stereocenters. The van der Waals surface area contributed by atoms with Crippen LogP contribution in [0.1, 0.15) is 15.9 Å². The molecule has 0 spiro atoms. The van der Waals surface area contributed by atoms with Gasteiger partial charge in [0.15, 0.2) is 4.77 Å². The summed E-state index contributed by atoms with van der Waals surface area (Å²) < 4.78 is 32.8. The molecule has 1 aromatic heterocycles. The van der Waals surface area contributed by atoms with E-state index in [0.29, 0.717) is 27.2 Å². The Morgan fingerprint density at radius 3 is 2.59 bits per heavy atom. The highest BCUT2D eigenvalue weighted by Crippen LogP contribution is 2.22. The predicted molar refractivity (Wildman–Crippen MR) is 109 cm³/mol. The molecule has 8 heteroatoms. The number of H-pyrrole nitrogens is 2. The lowest BCUT2D eigenvalue weighted by Gasteiger charge is -2.10. The number of ether oxygens (including phenoxy) is 1. The van der Waals surface area contributed by atoms with Crippen molar-refractivity contribution in [3.05, 3.63) is 88.2 Å². The molecule has 0 saturated heterocycles. The number of aromatic nitrogens is 2. The number of hydrogen-bond acceptors (Lipinski definition) is 3. The third-order valence-electron chi connectivity index (χ3n) is 4.25. The van der Waals surface area contributed by atoms with E-state index < -0.39 is 11.7 Å². The third-order valence-corrected chi connectivity index (χ3v) is 4.45. The summed E-state index contributed by atoms with van der Waals surface area (Å²) >= 11 is 5.02. The van der Waals surface area contributed by atoms with Gasteiger partial charge in [0.25, 0.3) is 5.91 Å². The molecular weight excluding hydrogens is 396 g/mol. The number of aromatic amines is 2. The van der Waals surface area contributed by atoms with Gasteiger partial charge in [-0.05, 0) is 54.2 Å². The van der Waals surface area contributed by atoms with Crippen molar-refractivity contribution in [2.24, 2.45) is 0 Å². The van der Waals surface area contributed by atoms with Crippen molar-refractivity contribution in [2.45, 2.75) is 6.61 Å². The fourth-order valence-electron chi connectivity index (χ4n) is 2.90. The van der Waals surface area contributed by atoms with Crippen LogP contribution in [0.5, 0.6) is 5.75 Å². The lowest BCUT2D eigenvalue weighted by Crippen LogP contribution is -2.13. The van der Waals surface area contributed by atoms with E-state index in [0.717, 1.165) is 11.6 Å². The first kappa shape index (κ1) is 18.8. The Hall–Kier alpha value is -3.52. The molecule has 146 valence electrons. The average molecular weight is 411 g/mol. The molecule has 0 radical (unpaired) electrons. The van der Waals surface area contributed by atoms with Gasteiger partial charge in [-0.15, -0.1) is 0 Å². The second-order valence-electron chi connectivity index (χ2n) is 6.35. The van der Waals surface area contributed by atoms with E-state index >= 15 is 0 Å². The van der Waals surface area contributed by atoms with Crippen molar-refractivity contribution in [1.29, 1.82) is 0 Å². The van der Waals surface area contributed by atoms with Crippen molar-refractivity contribution in [2.75, 3.05) is 5.32 Å². The molecule has 1 amide bonds. The minimum Gasteiger partial charge on any atom is -0.489 e. The van der Waals surface area contributed by atoms with Gasteiger partial charge in [0, 0.05) is 11.8 Å². The summed E-state index contributed by atoms with van der Waals surface area (Å²) in [4.78, 5) is 18.3. The molecule has 1 heterocycles. The second-order valence-corrected chi connectivity index (χ2v) is 6.76. The van der Waals surface area contributed by atoms with Crippen LogP contribution in [-0.2, 0) is 6.61 Å². The van der Waals surface area contributed by atoms with E-state index in [1.54, 1.807) is 36.4 Å². The van der Waals surface area contributed by atoms with Crippen LogP contribution in [0.2, 0.25) is 0 Å². The number of hydrogen-bond donors (Lipinski definition) is 3. The first-order valence-corrected chi connectivity index (χ1v) is 9.09. The number of benzene rings is 3. The van der Waals surface area contributed by atoms with Gasteiger partial charge in [0.05, 0.1) is 16.6 Å². The highest BCUT2D eigenvalue weighted by Gasteiger charge is 2.14. The Kier molecular flexibility index (Phi) is 5.09. The van der Waals surface area contributed by atoms with Crippen molar-refractivity contribution >= 4 is 34.8 Å². The van der Waals surface area contributed by atoms with Crippen LogP contribution in [0, 0.1) is 16.4 Å². The monoisotopic (exact) mass is 411 g/mol. The highest BCUT2D eigenvalue weighted by molar-refractivity contribution is 7.71. The maximum absolute atomic E-state index is 13.9. The van der Waals surface area contributed by atoms with Crippen molar-refractivity contribution in [1.82, 2.24) is 9.97 Å². The molecule has 0 bridgehead atoms. The maximum Gasteiger partial charge on any atom is 0.257 e. The van der Waals surface area contributed by atoms with Crippen molar-refractivity contribution in [3.8, 4) is 5.75 Å². The van der Waals surface area contributed by atoms with Gasteiger partial charge in [0.1, 0.15) is 24.0 Å². The number of carbonyl (C=O) groups is 1. The van der Waals surface area contributed by atoms with Gasteiger partial charge in [0.2, 0.25) is 0 Å². The number of anilines is 1. The van der Waals surface area contributed by atoms with Gasteiger partial charge in [-0.25, -0.2) is 8.78 Å². The summed E-state index contributed by atoms with van der Waals surface area (Å²) in [5.74, 6) is -0.829. The smallest absolute Gasteiger partial charge is 0.257 e. The van der Waals surface area contributed by atoms with Crippen LogP contribution in [0.25, 0.3) is 11.0 Å². The topological polar surface area (TPSA) is 69.9 Å². The summed E-state index contributed by atoms with van der Waals surface area (Å²) in [5, 5.41) is 2.73. The standard InChI is InChI=1S/C21H15F2N3O2S/c22-13-6-4-12(5-7-13)11-28-16-3-1-2-15(10-16)24-20(27)17-8-14(23)9-18-19(17)26-21(29)25-18/h1-10H,11H2,(H,24,27)(H2,25,26,29). The Labute approximate surface area is 169 Å². The van der Waals surface area contributed by atoms with Crippen molar-refractivity contribution < 1.29 is 18.3 Å². The number of amides is 1. The molecule has 3 N–H and O–H groups in total. The zero-order valence-corrected chi connectivity index (χ0v) is 15.8. The Morgan fingerprint density at radius 1 is 1.00 bits per heavy atom. The number of fused-ring (bicyclic) bond motifs is 1. The Morgan fingerprint density at radius 2 is 1.79 bits per heavy atom. The first-order valence-electron chi connectivity index (χ1n) is 8.68. The lowest BCUT2D eigenvalue weighted by atomic mass is 10.1. The van der Waals surface area contributed by atoms with Crippen LogP contribution in [0.4, 0.5) is 14.5 Å². The Bertz CT molecular complexity index is 1250. The Balaban J connectivity index is 1.51. The molecule has 4 rings (SSSR count). The van der Waals surface area contributed by atoms with Gasteiger partial charge < -0.3 is 20.0 Å². The van der Waals surface area contributed by atoms with E-state index in [1.807, 2.05) is 0 Å². The molecular formula is C21H15F2N3O2S. The van der Waals surface area contributed by atoms with Crippen LogP contribution in [-0.4, -0.2) is 15.9 Å². The van der Waals surface area contributed by atoms with Crippen LogP contribution in [0.3, 0.4) is 0 Å². The zero-order chi connectivity index (χ0) is 20.4. The first-order chi connectivity index (χ1) is 14.0. The summed E-state index contributed by atoms with van der Waals surface area (Å²) in [6.07, 6.45) is 0. The molecule has 0 fully saturated rings. The molecule has 0 aliphatic rings. The van der Waals surface area contributed by atoms with Gasteiger partial charge >= 0.3 is 0 Å². The number of imidazole rings is 1. The molecule has 29 heavy (non-hydrogen) atoms. The SMILES string of the molecule is O=C(Nc1cccc(OCc2ccc(F)cc2)c1)c1cc(F)cc2[nH]c(=S)[nH]c12. The van der Waals surface area contributed by atoms with Crippen LogP contribution in [0.15, 0.2) is 60.7 Å². The molecule has 3 aromatic carbocycles. The average Bonchev–Trinajstić information content (AvgIpc) is 3.07. The number of halogens is 2. The molecule has 4 aromatic rings. The second kappa shape index (κ2) is 7.84. The quantitative estimate of drug-likeness (QED) is 0.389. The molecule has 0 unspecified atom stereocenters. The predicted octanol–water partition coefficient (Wildman–Crippen LogP) is 5.33. The van der Waals surface area contributed by atoms with E-state index in [9.17, 15) is 13.6 Å². The van der Waals surface area contributed by atoms with E-state index in [2.05, 4.69) is 15.3 Å². The van der Waals surface area contributed by atoms with Crippen LogP contribution >= 0.6 is 12.2 Å². The third kappa shape index (κ3) is 4.33. The highest BCUT2D eigenvalue weighted by atomic mass is 32.1. The van der Waals surface area contributed by atoms with Gasteiger partial charge in [-0.3, -0.25) is 4.79 Å². The fraction of sp³-hybridized carbons (Fsp3) is 0.0476. The fourth-order valence-corrected chi connectivity index (χ4v) is 3.11. The minimum absolute atomic E-state index is 0.130. The number of nitrogens with one attached hydrogen (secondary N) is 3. The maximum atomic E-state index is 13.9. The van der Waals surface area contributed by atoms with Crippen molar-refractivity contribution in [3.63, 3.8) is 0 Å². The minimum atomic E-state index is -0.552. The summed E-state index contributed by atoms with van der Waals surface area (Å²) in [6, 6.07) is 15.2. The summed E-state index contributed by atoms with van der Waals surface area (Å²) in [5.41, 5.74) is 2.27. The molecule has 0 aliphatic carbocycles. The van der Waals surface area contributed by atoms with Gasteiger partial charge in [-0.2, -0.15) is 0 Å². The van der Waals surface area contributed by atoms with E-state index in [-0.39, 0.29) is 18.0 Å². The van der Waals surface area contributed by atoms with E-state index in [4.69, 9.17) is 17.0 Å². The number of carbonyl (C=O) groups excluding carboxylic acids is 1. The molecule has 0 aliphatic heterocycles. The van der Waals surface area contributed by atoms with E-state index in [1.165, 1.54) is 18.2 Å². The van der Waals surface area contributed by atoms with Gasteiger partial charge in [-0.1, -0.05) is 18.2 Å². The number of rotatable bonds is 5. The lowest BCUT2D eigenvalue weighted by molar-refractivity contribution is 0.102. The zero-order valence-electron chi connectivity index (χ0n) is 15.0. The normalized spacial score (nSPS) is 10.8. The summed E-state index contributed by atoms with van der Waals surface area (Å²) in [6.45, 7) is 0.252. The summed E-state index contributed by atoms with van der Waals surface area (Å²) in [7, 11) is 0. The largest absolute Gasteiger partial charge is 0.489 e. The molecule has 0 saturated carbocycles.